The predicted octanol–water partition coefficient (Wildman–Crippen LogP) is 0.372. The number of carboxylic acid groups (broad SMARTS) is 1. The number of carbonyl (C=O) groups is 1. The lowest BCUT2D eigenvalue weighted by Crippen LogP contribution is -2.40. The Balaban J connectivity index is 2.08. The van der Waals surface area contributed by atoms with Gasteiger partial charge in [-0.25, -0.2) is 13.2 Å². The lowest BCUT2D eigenvalue weighted by molar-refractivity contribution is 0.0695. The number of H-pyrrole nitrogens is 1. The average Bonchev–Trinajstić information content (AvgIpc) is 2.55. The minimum atomic E-state index is -3.80. The first-order chi connectivity index (χ1) is 11.3. The van der Waals surface area contributed by atoms with Crippen molar-refractivity contribution in [3.63, 3.8) is 0 Å². The van der Waals surface area contributed by atoms with Gasteiger partial charge in [-0.1, -0.05) is 0 Å². The summed E-state index contributed by atoms with van der Waals surface area (Å²) >= 11 is 0. The largest absolute Gasteiger partial charge is 0.477 e. The van der Waals surface area contributed by atoms with Gasteiger partial charge in [0.25, 0.3) is 0 Å². The molecular weight excluding hydrogens is 336 g/mol. The fraction of sp³-hybridized carbons (Fsp3) is 0.333. The number of aliphatic hydroxyl groups excluding tert-OH is 1. The van der Waals surface area contributed by atoms with Crippen molar-refractivity contribution in [1.82, 2.24) is 9.29 Å². The van der Waals surface area contributed by atoms with E-state index in [-0.39, 0.29) is 23.4 Å². The Morgan fingerprint density at radius 2 is 1.92 bits per heavy atom. The number of carboxylic acids is 1. The van der Waals surface area contributed by atoms with Crippen LogP contribution in [0.5, 0.6) is 0 Å². The average molecular weight is 352 g/mol. The number of sulfonamides is 1. The molecule has 1 aromatic heterocycles. The fourth-order valence-electron chi connectivity index (χ4n) is 2.75. The number of nitrogens with zero attached hydrogens (tertiary/aromatic N) is 1. The maximum atomic E-state index is 12.7. The highest BCUT2D eigenvalue weighted by Crippen LogP contribution is 2.23. The molecule has 1 aliphatic rings. The molecule has 8 nitrogen and oxygen atoms in total. The summed E-state index contributed by atoms with van der Waals surface area (Å²) in [6.07, 6.45) is 1.30. The van der Waals surface area contributed by atoms with E-state index < -0.39 is 33.1 Å². The van der Waals surface area contributed by atoms with Gasteiger partial charge in [0.1, 0.15) is 5.56 Å². The molecule has 1 saturated heterocycles. The van der Waals surface area contributed by atoms with E-state index in [1.54, 1.807) is 0 Å². The molecule has 3 N–H and O–H groups in total. The smallest absolute Gasteiger partial charge is 0.341 e. The minimum absolute atomic E-state index is 0.00743. The number of hydrogen-bond donors (Lipinski definition) is 3. The Bertz CT molecular complexity index is 958. The van der Waals surface area contributed by atoms with Crippen LogP contribution in [0.25, 0.3) is 10.9 Å². The number of hydrogen-bond acceptors (Lipinski definition) is 5. The molecule has 3 rings (SSSR count). The Labute approximate surface area is 137 Å². The zero-order chi connectivity index (χ0) is 17.5. The Morgan fingerprint density at radius 1 is 1.25 bits per heavy atom. The Hall–Kier alpha value is -2.23. The van der Waals surface area contributed by atoms with Crippen molar-refractivity contribution in [2.75, 3.05) is 13.1 Å². The molecule has 9 heteroatoms. The van der Waals surface area contributed by atoms with Crippen molar-refractivity contribution in [1.29, 1.82) is 0 Å². The van der Waals surface area contributed by atoms with Crippen LogP contribution in [0.1, 0.15) is 23.2 Å². The summed E-state index contributed by atoms with van der Waals surface area (Å²) in [5.74, 6) is -1.38. The number of benzene rings is 1. The van der Waals surface area contributed by atoms with E-state index in [9.17, 15) is 23.1 Å². The normalized spacial score (nSPS) is 17.2. The third-order valence-corrected chi connectivity index (χ3v) is 6.04. The summed E-state index contributed by atoms with van der Waals surface area (Å²) in [7, 11) is -3.80. The van der Waals surface area contributed by atoms with Crippen LogP contribution in [0.4, 0.5) is 0 Å². The van der Waals surface area contributed by atoms with Crippen molar-refractivity contribution in [2.45, 2.75) is 23.8 Å². The molecule has 2 heterocycles. The summed E-state index contributed by atoms with van der Waals surface area (Å²) in [5, 5.41) is 18.5. The number of piperidine rings is 1. The highest BCUT2D eigenvalue weighted by Gasteiger charge is 2.29. The van der Waals surface area contributed by atoms with E-state index in [2.05, 4.69) is 4.98 Å². The van der Waals surface area contributed by atoms with E-state index in [1.165, 1.54) is 22.5 Å². The summed E-state index contributed by atoms with van der Waals surface area (Å²) in [6, 6.07) is 4.01. The van der Waals surface area contributed by atoms with Gasteiger partial charge in [0, 0.05) is 30.2 Å². The zero-order valence-corrected chi connectivity index (χ0v) is 13.4. The van der Waals surface area contributed by atoms with Gasteiger partial charge in [-0.05, 0) is 31.0 Å². The highest BCUT2D eigenvalue weighted by molar-refractivity contribution is 7.89. The van der Waals surface area contributed by atoms with Crippen molar-refractivity contribution >= 4 is 26.9 Å². The number of rotatable bonds is 3. The fourth-order valence-corrected chi connectivity index (χ4v) is 4.25. The van der Waals surface area contributed by atoms with E-state index in [0.29, 0.717) is 18.4 Å². The first-order valence-electron chi connectivity index (χ1n) is 7.37. The van der Waals surface area contributed by atoms with Gasteiger partial charge in [-0.15, -0.1) is 0 Å². The molecule has 0 unspecified atom stereocenters. The number of fused-ring (bicyclic) bond motifs is 1. The zero-order valence-electron chi connectivity index (χ0n) is 12.6. The number of aromatic amines is 1. The number of aromatic carboxylic acids is 1. The third kappa shape index (κ3) is 2.81. The monoisotopic (exact) mass is 352 g/mol. The van der Waals surface area contributed by atoms with Gasteiger partial charge in [0.05, 0.1) is 11.0 Å². The molecule has 0 saturated carbocycles. The van der Waals surface area contributed by atoms with E-state index in [1.807, 2.05) is 0 Å². The van der Waals surface area contributed by atoms with Gasteiger partial charge in [0.15, 0.2) is 0 Å². The van der Waals surface area contributed by atoms with Crippen molar-refractivity contribution in [3.8, 4) is 0 Å². The molecule has 128 valence electrons. The van der Waals surface area contributed by atoms with Crippen LogP contribution in [0.2, 0.25) is 0 Å². The quantitative estimate of drug-likeness (QED) is 0.732. The first kappa shape index (κ1) is 16.6. The van der Waals surface area contributed by atoms with Crippen LogP contribution >= 0.6 is 0 Å². The van der Waals surface area contributed by atoms with Crippen LogP contribution in [0, 0.1) is 0 Å². The molecule has 0 atom stereocenters. The molecule has 0 amide bonds. The SMILES string of the molecule is O=C(O)c1c[nH]c2ccc(S(=O)(=O)N3CCC(O)CC3)cc2c1=O. The molecule has 0 aliphatic carbocycles. The van der Waals surface area contributed by atoms with Crippen molar-refractivity contribution < 1.29 is 23.4 Å². The number of aromatic nitrogens is 1. The van der Waals surface area contributed by atoms with Crippen LogP contribution in [-0.2, 0) is 10.0 Å². The van der Waals surface area contributed by atoms with Gasteiger partial charge in [-0.2, -0.15) is 4.31 Å². The molecule has 2 aromatic rings. The van der Waals surface area contributed by atoms with Crippen molar-refractivity contribution in [3.05, 3.63) is 40.2 Å². The lowest BCUT2D eigenvalue weighted by Gasteiger charge is -2.28. The molecule has 1 aliphatic heterocycles. The second kappa shape index (κ2) is 6.00. The van der Waals surface area contributed by atoms with Crippen LogP contribution in [0.15, 0.2) is 34.1 Å². The highest BCUT2D eigenvalue weighted by atomic mass is 32.2. The molecule has 24 heavy (non-hydrogen) atoms. The molecule has 0 bridgehead atoms. The van der Waals surface area contributed by atoms with Crippen molar-refractivity contribution in [2.24, 2.45) is 0 Å². The molecular formula is C15H16N2O6S. The van der Waals surface area contributed by atoms with Crippen LogP contribution in [0.3, 0.4) is 0 Å². The van der Waals surface area contributed by atoms with E-state index in [0.717, 1.165) is 6.20 Å². The second-order valence-electron chi connectivity index (χ2n) is 5.68. The Morgan fingerprint density at radius 3 is 2.54 bits per heavy atom. The van der Waals surface area contributed by atoms with Crippen LogP contribution < -0.4 is 5.43 Å². The van der Waals surface area contributed by atoms with E-state index >= 15 is 0 Å². The molecule has 0 spiro atoms. The summed E-state index contributed by atoms with van der Waals surface area (Å²) in [4.78, 5) is 25.9. The standard InChI is InChI=1S/C15H16N2O6S/c18-9-3-5-17(6-4-9)24(22,23)10-1-2-13-11(7-10)14(19)12(8-16-13)15(20)21/h1-2,7-9,18H,3-6H2,(H,16,19)(H,20,21). The van der Waals surface area contributed by atoms with Gasteiger partial charge < -0.3 is 15.2 Å². The second-order valence-corrected chi connectivity index (χ2v) is 7.62. The lowest BCUT2D eigenvalue weighted by atomic mass is 10.1. The number of aliphatic hydroxyl groups is 1. The van der Waals surface area contributed by atoms with Gasteiger partial charge in [-0.3, -0.25) is 4.79 Å². The molecule has 1 fully saturated rings. The Kier molecular flexibility index (Phi) is 4.16. The summed E-state index contributed by atoms with van der Waals surface area (Å²) in [5.41, 5.74) is -0.821. The topological polar surface area (TPSA) is 128 Å². The number of nitrogens with one attached hydrogen (secondary N) is 1. The molecule has 1 aromatic carbocycles. The predicted molar refractivity (Wildman–Crippen MR) is 85.5 cm³/mol. The van der Waals surface area contributed by atoms with Gasteiger partial charge >= 0.3 is 5.97 Å². The number of pyridine rings is 1. The van der Waals surface area contributed by atoms with E-state index in [4.69, 9.17) is 5.11 Å². The summed E-state index contributed by atoms with van der Waals surface area (Å²) < 4.78 is 26.6. The maximum absolute atomic E-state index is 12.7. The molecule has 0 radical (unpaired) electrons. The summed E-state index contributed by atoms with van der Waals surface area (Å²) in [6.45, 7) is 0.403. The minimum Gasteiger partial charge on any atom is -0.477 e. The maximum Gasteiger partial charge on any atom is 0.341 e. The van der Waals surface area contributed by atoms with Crippen LogP contribution in [-0.4, -0.2) is 53.1 Å². The van der Waals surface area contributed by atoms with Gasteiger partial charge in [0.2, 0.25) is 15.5 Å². The first-order valence-corrected chi connectivity index (χ1v) is 8.81. The third-order valence-electron chi connectivity index (χ3n) is 4.14.